The zero-order chi connectivity index (χ0) is 16.5. The average Bonchev–Trinajstić information content (AvgIpc) is 2.80. The fourth-order valence-electron chi connectivity index (χ4n) is 6.76. The third-order valence-corrected chi connectivity index (χ3v) is 8.30. The van der Waals surface area contributed by atoms with E-state index in [9.17, 15) is 15.2 Å². The van der Waals surface area contributed by atoms with Crippen LogP contribution < -0.4 is 0 Å². The fourth-order valence-corrected chi connectivity index (χ4v) is 6.76. The predicted octanol–water partition coefficient (Wildman–Crippen LogP) is 3.77. The van der Waals surface area contributed by atoms with Crippen LogP contribution in [0.1, 0.15) is 65.2 Å². The van der Waals surface area contributed by atoms with Gasteiger partial charge in [-0.05, 0) is 74.2 Å². The van der Waals surface area contributed by atoms with E-state index < -0.39 is 5.60 Å². The summed E-state index contributed by atoms with van der Waals surface area (Å²) < 4.78 is 0. The Morgan fingerprint density at radius 1 is 1.13 bits per heavy atom. The number of carbonyl (C=O) groups excluding carboxylic acids is 1. The minimum Gasteiger partial charge on any atom is -0.375 e. The molecule has 4 aliphatic rings. The standard InChI is InChI=1S/C20H27NO2/c1-18-8-5-14(22)11-13(18)3-4-15-16(18)6-9-19(2)17(15)7-10-20(19,23)12-21/h11,15-17,23H,3-10H2,1-2H3/t15?,16?,17?,18-,19-,20-/m1/s1. The highest BCUT2D eigenvalue weighted by Crippen LogP contribution is 2.67. The Balaban J connectivity index is 1.70. The molecule has 0 saturated heterocycles. The third-order valence-electron chi connectivity index (χ3n) is 8.30. The lowest BCUT2D eigenvalue weighted by Gasteiger charge is -2.58. The van der Waals surface area contributed by atoms with Crippen molar-refractivity contribution < 1.29 is 9.90 Å². The Morgan fingerprint density at radius 2 is 1.87 bits per heavy atom. The fraction of sp³-hybridized carbons (Fsp3) is 0.800. The molecule has 0 heterocycles. The predicted molar refractivity (Wildman–Crippen MR) is 87.3 cm³/mol. The molecule has 4 rings (SSSR count). The van der Waals surface area contributed by atoms with Gasteiger partial charge in [0.1, 0.15) is 0 Å². The van der Waals surface area contributed by atoms with Crippen molar-refractivity contribution in [2.24, 2.45) is 28.6 Å². The first-order valence-corrected chi connectivity index (χ1v) is 9.22. The molecular weight excluding hydrogens is 286 g/mol. The zero-order valence-corrected chi connectivity index (χ0v) is 14.3. The van der Waals surface area contributed by atoms with E-state index in [0.29, 0.717) is 36.4 Å². The minimum atomic E-state index is -1.14. The van der Waals surface area contributed by atoms with Crippen LogP contribution in [0.2, 0.25) is 0 Å². The molecule has 124 valence electrons. The van der Waals surface area contributed by atoms with E-state index in [-0.39, 0.29) is 10.8 Å². The largest absolute Gasteiger partial charge is 0.375 e. The smallest absolute Gasteiger partial charge is 0.156 e. The molecule has 0 aliphatic heterocycles. The number of hydrogen-bond acceptors (Lipinski definition) is 3. The zero-order valence-electron chi connectivity index (χ0n) is 14.3. The van der Waals surface area contributed by atoms with Gasteiger partial charge in [0.15, 0.2) is 11.4 Å². The summed E-state index contributed by atoms with van der Waals surface area (Å²) in [7, 11) is 0. The second-order valence-corrected chi connectivity index (χ2v) is 8.94. The maximum absolute atomic E-state index is 11.8. The van der Waals surface area contributed by atoms with Gasteiger partial charge in [-0.1, -0.05) is 19.4 Å². The lowest BCUT2D eigenvalue weighted by molar-refractivity contribution is -0.119. The van der Waals surface area contributed by atoms with E-state index in [1.165, 1.54) is 5.57 Å². The van der Waals surface area contributed by atoms with Gasteiger partial charge < -0.3 is 5.11 Å². The molecule has 6 atom stereocenters. The van der Waals surface area contributed by atoms with Crippen molar-refractivity contribution in [3.8, 4) is 6.07 Å². The van der Waals surface area contributed by atoms with Crippen LogP contribution in [0.5, 0.6) is 0 Å². The Hall–Kier alpha value is -1.14. The molecule has 0 aromatic heterocycles. The number of hydrogen-bond donors (Lipinski definition) is 1. The van der Waals surface area contributed by atoms with Crippen molar-refractivity contribution in [2.75, 3.05) is 0 Å². The van der Waals surface area contributed by atoms with Crippen LogP contribution in [0.15, 0.2) is 11.6 Å². The lowest BCUT2D eigenvalue weighted by Crippen LogP contribution is -2.54. The topological polar surface area (TPSA) is 61.1 Å². The second-order valence-electron chi connectivity index (χ2n) is 8.94. The molecule has 3 fully saturated rings. The average molecular weight is 313 g/mol. The first-order chi connectivity index (χ1) is 10.8. The van der Waals surface area contributed by atoms with Crippen LogP contribution in [-0.4, -0.2) is 16.5 Å². The number of ketones is 1. The van der Waals surface area contributed by atoms with Crippen LogP contribution >= 0.6 is 0 Å². The van der Waals surface area contributed by atoms with Crippen molar-refractivity contribution in [2.45, 2.75) is 70.8 Å². The number of nitriles is 1. The second kappa shape index (κ2) is 4.70. The number of nitrogens with zero attached hydrogens (tertiary/aromatic N) is 1. The maximum atomic E-state index is 11.8. The van der Waals surface area contributed by atoms with E-state index in [1.807, 2.05) is 6.08 Å². The van der Waals surface area contributed by atoms with Crippen molar-refractivity contribution in [3.63, 3.8) is 0 Å². The van der Waals surface area contributed by atoms with Gasteiger partial charge >= 0.3 is 0 Å². The maximum Gasteiger partial charge on any atom is 0.156 e. The quantitative estimate of drug-likeness (QED) is 0.692. The van der Waals surface area contributed by atoms with Crippen LogP contribution in [-0.2, 0) is 4.79 Å². The van der Waals surface area contributed by atoms with Crippen molar-refractivity contribution >= 4 is 5.78 Å². The van der Waals surface area contributed by atoms with Gasteiger partial charge in [0.2, 0.25) is 0 Å². The molecule has 0 radical (unpaired) electrons. The number of rotatable bonds is 0. The summed E-state index contributed by atoms with van der Waals surface area (Å²) in [4.78, 5) is 11.8. The molecule has 0 aromatic rings. The Morgan fingerprint density at radius 3 is 2.61 bits per heavy atom. The van der Waals surface area contributed by atoms with Gasteiger partial charge in [-0.25, -0.2) is 0 Å². The molecule has 0 spiro atoms. The van der Waals surface area contributed by atoms with Gasteiger partial charge in [-0.15, -0.1) is 0 Å². The van der Waals surface area contributed by atoms with Crippen LogP contribution in [0.3, 0.4) is 0 Å². The van der Waals surface area contributed by atoms with E-state index in [0.717, 1.165) is 38.5 Å². The highest BCUT2D eigenvalue weighted by atomic mass is 16.3. The normalized spacial score (nSPS) is 52.0. The van der Waals surface area contributed by atoms with Gasteiger partial charge in [0, 0.05) is 11.8 Å². The summed E-state index contributed by atoms with van der Waals surface area (Å²) in [6.07, 6.45) is 9.42. The molecule has 23 heavy (non-hydrogen) atoms. The van der Waals surface area contributed by atoms with Crippen molar-refractivity contribution in [3.05, 3.63) is 11.6 Å². The molecule has 1 N–H and O–H groups in total. The monoisotopic (exact) mass is 313 g/mol. The summed E-state index contributed by atoms with van der Waals surface area (Å²) in [5.74, 6) is 1.99. The van der Waals surface area contributed by atoms with Gasteiger partial charge in [-0.3, -0.25) is 4.79 Å². The molecule has 3 heteroatoms. The van der Waals surface area contributed by atoms with Crippen LogP contribution in [0, 0.1) is 39.9 Å². The van der Waals surface area contributed by atoms with Gasteiger partial charge in [-0.2, -0.15) is 5.26 Å². The molecule has 3 saturated carbocycles. The molecular formula is C20H27NO2. The highest BCUT2D eigenvalue weighted by molar-refractivity contribution is 5.91. The number of carbonyl (C=O) groups is 1. The molecule has 3 nitrogen and oxygen atoms in total. The molecule has 0 amide bonds. The molecule has 3 unspecified atom stereocenters. The lowest BCUT2D eigenvalue weighted by atomic mass is 9.46. The first kappa shape index (κ1) is 15.4. The van der Waals surface area contributed by atoms with Crippen molar-refractivity contribution in [1.82, 2.24) is 0 Å². The van der Waals surface area contributed by atoms with Crippen molar-refractivity contribution in [1.29, 1.82) is 5.26 Å². The first-order valence-electron chi connectivity index (χ1n) is 9.22. The summed E-state index contributed by atoms with van der Waals surface area (Å²) in [5, 5.41) is 20.4. The summed E-state index contributed by atoms with van der Waals surface area (Å²) >= 11 is 0. The van der Waals surface area contributed by atoms with Crippen LogP contribution in [0.25, 0.3) is 0 Å². The van der Waals surface area contributed by atoms with E-state index in [2.05, 4.69) is 19.9 Å². The Labute approximate surface area is 138 Å². The van der Waals surface area contributed by atoms with E-state index in [1.54, 1.807) is 0 Å². The van der Waals surface area contributed by atoms with Crippen LogP contribution in [0.4, 0.5) is 0 Å². The molecule has 0 bridgehead atoms. The highest BCUT2D eigenvalue weighted by Gasteiger charge is 2.64. The molecule has 0 aromatic carbocycles. The Kier molecular flexibility index (Phi) is 3.14. The SMILES string of the molecule is C[C@@]12CCC(=O)C=C1CCC1C2CC[C@]2(C)C1CC[C@@]2(O)C#N. The van der Waals surface area contributed by atoms with Gasteiger partial charge in [0.05, 0.1) is 6.07 Å². The number of allylic oxidation sites excluding steroid dienone is 1. The summed E-state index contributed by atoms with van der Waals surface area (Å²) in [6, 6.07) is 2.25. The molecule has 4 aliphatic carbocycles. The summed E-state index contributed by atoms with van der Waals surface area (Å²) in [6.45, 7) is 4.53. The minimum absolute atomic E-state index is 0.172. The third kappa shape index (κ3) is 1.82. The van der Waals surface area contributed by atoms with Gasteiger partial charge in [0.25, 0.3) is 0 Å². The number of fused-ring (bicyclic) bond motifs is 5. The Bertz CT molecular complexity index is 632. The van der Waals surface area contributed by atoms with E-state index in [4.69, 9.17) is 0 Å². The summed E-state index contributed by atoms with van der Waals surface area (Å²) in [5.41, 5.74) is 0.172. The number of aliphatic hydroxyl groups is 1. The van der Waals surface area contributed by atoms with E-state index >= 15 is 0 Å².